The molecule has 22 heteroatoms. The van der Waals surface area contributed by atoms with Crippen molar-refractivity contribution in [2.75, 3.05) is 144 Å². The summed E-state index contributed by atoms with van der Waals surface area (Å²) in [6.07, 6.45) is 3.37. The van der Waals surface area contributed by atoms with E-state index in [1.165, 1.54) is 0 Å². The second-order valence-corrected chi connectivity index (χ2v) is 15.7. The van der Waals surface area contributed by atoms with Crippen LogP contribution in [0.15, 0.2) is 36.7 Å². The molecular formula is C40H60N10O12. The highest BCUT2D eigenvalue weighted by Gasteiger charge is 2.23. The first-order valence-corrected chi connectivity index (χ1v) is 20.6. The van der Waals surface area contributed by atoms with Crippen LogP contribution in [0.2, 0.25) is 0 Å². The molecule has 0 amide bonds. The van der Waals surface area contributed by atoms with Gasteiger partial charge >= 0.3 is 35.8 Å². The highest BCUT2D eigenvalue weighted by molar-refractivity contribution is 5.71. The zero-order valence-electron chi connectivity index (χ0n) is 35.0. The second-order valence-electron chi connectivity index (χ2n) is 15.7. The first-order valence-electron chi connectivity index (χ1n) is 20.6. The largest absolute Gasteiger partial charge is 0.480 e. The maximum atomic E-state index is 11.7. The summed E-state index contributed by atoms with van der Waals surface area (Å²) < 4.78 is 0. The number of carboxylic acid groups (broad SMARTS) is 6. The van der Waals surface area contributed by atoms with Crippen LogP contribution in [0.3, 0.4) is 0 Å². The van der Waals surface area contributed by atoms with E-state index in [1.54, 1.807) is 41.8 Å². The Morgan fingerprint density at radius 3 is 0.742 bits per heavy atom. The van der Waals surface area contributed by atoms with E-state index in [1.807, 2.05) is 24.3 Å². The highest BCUT2D eigenvalue weighted by atomic mass is 16.4. The lowest BCUT2D eigenvalue weighted by atomic mass is 10.1. The summed E-state index contributed by atoms with van der Waals surface area (Å²) >= 11 is 0. The van der Waals surface area contributed by atoms with Gasteiger partial charge in [-0.3, -0.25) is 77.9 Å². The lowest BCUT2D eigenvalue weighted by molar-refractivity contribution is -0.140. The average molecular weight is 873 g/mol. The van der Waals surface area contributed by atoms with Crippen molar-refractivity contribution in [2.24, 2.45) is 0 Å². The summed E-state index contributed by atoms with van der Waals surface area (Å²) in [5.41, 5.74) is 3.02. The third kappa shape index (κ3) is 19.2. The van der Waals surface area contributed by atoms with Crippen molar-refractivity contribution in [3.05, 3.63) is 47.8 Å². The van der Waals surface area contributed by atoms with Crippen LogP contribution < -0.4 is 0 Å². The van der Waals surface area contributed by atoms with Crippen molar-refractivity contribution in [3.8, 4) is 11.4 Å². The van der Waals surface area contributed by atoms with E-state index in [9.17, 15) is 59.4 Å². The molecule has 2 aromatic heterocycles. The second kappa shape index (κ2) is 25.7. The van der Waals surface area contributed by atoms with E-state index in [2.05, 4.69) is 19.8 Å². The molecule has 0 spiro atoms. The molecule has 62 heavy (non-hydrogen) atoms. The standard InChI is InChI=1S/C40H60N10O12/c51-35(52)25-45-9-5-43(6-10-46(26-36(53)54)14-18-49(17-13-45)29-39(59)60)23-31-1-3-41-33(21-31)34-22-32(2-4-42-34)24-44-7-11-47(27-37(55)56)15-19-50(30-40(61)62)20-16-48(12-8-44)28-38(57)58/h1-4,21-22H,5-20,23-30H2,(H,51,52)(H,53,54)(H,55,56)(H,57,58)(H,59,60)(H,61,62). The van der Waals surface area contributed by atoms with Gasteiger partial charge in [-0.2, -0.15) is 0 Å². The van der Waals surface area contributed by atoms with Gasteiger partial charge in [0.05, 0.1) is 50.7 Å². The monoisotopic (exact) mass is 872 g/mol. The normalized spacial score (nSPS) is 19.0. The number of hydrogen-bond acceptors (Lipinski definition) is 16. The molecule has 342 valence electrons. The van der Waals surface area contributed by atoms with Crippen LogP contribution in [0.4, 0.5) is 0 Å². The van der Waals surface area contributed by atoms with Crippen LogP contribution in [0.25, 0.3) is 11.4 Å². The summed E-state index contributed by atoms with van der Waals surface area (Å²) in [5, 5.41) is 57.3. The Balaban J connectivity index is 1.51. The number of hydrogen-bond donors (Lipinski definition) is 6. The van der Waals surface area contributed by atoms with Gasteiger partial charge in [-0.05, 0) is 35.4 Å². The Bertz CT molecular complexity index is 1620. The Kier molecular flexibility index (Phi) is 20.5. The van der Waals surface area contributed by atoms with Crippen molar-refractivity contribution in [2.45, 2.75) is 13.1 Å². The zero-order valence-corrected chi connectivity index (χ0v) is 35.0. The molecule has 2 aliphatic rings. The lowest BCUT2D eigenvalue weighted by Crippen LogP contribution is -2.48. The molecule has 2 saturated heterocycles. The summed E-state index contributed by atoms with van der Waals surface area (Å²) in [5.74, 6) is -6.03. The molecule has 0 radical (unpaired) electrons. The van der Waals surface area contributed by atoms with E-state index in [-0.39, 0.29) is 39.3 Å². The average Bonchev–Trinajstić information content (AvgIpc) is 3.19. The molecule has 0 unspecified atom stereocenters. The first-order chi connectivity index (χ1) is 29.6. The number of carbonyl (C=O) groups is 6. The molecule has 4 heterocycles. The predicted molar refractivity (Wildman–Crippen MR) is 222 cm³/mol. The number of pyridine rings is 2. The topological polar surface area (TPSA) is 276 Å². The van der Waals surface area contributed by atoms with Crippen molar-refractivity contribution in [1.29, 1.82) is 0 Å². The Labute approximate surface area is 360 Å². The van der Waals surface area contributed by atoms with Gasteiger partial charge in [0.1, 0.15) is 0 Å². The quantitative estimate of drug-likeness (QED) is 0.101. The van der Waals surface area contributed by atoms with Gasteiger partial charge in [0, 0.05) is 130 Å². The first kappa shape index (κ1) is 49.5. The van der Waals surface area contributed by atoms with Crippen LogP contribution in [0, 0.1) is 0 Å². The molecule has 0 bridgehead atoms. The predicted octanol–water partition coefficient (Wildman–Crippen LogP) is -1.91. The molecule has 2 fully saturated rings. The molecule has 2 aliphatic heterocycles. The highest BCUT2D eigenvalue weighted by Crippen LogP contribution is 2.19. The Hall–Kier alpha value is -5.20. The van der Waals surface area contributed by atoms with Gasteiger partial charge in [-0.1, -0.05) is 0 Å². The molecule has 0 saturated carbocycles. The van der Waals surface area contributed by atoms with Crippen molar-refractivity contribution in [3.63, 3.8) is 0 Å². The molecule has 0 aliphatic carbocycles. The van der Waals surface area contributed by atoms with Gasteiger partial charge in [0.2, 0.25) is 0 Å². The van der Waals surface area contributed by atoms with Crippen molar-refractivity contribution in [1.82, 2.24) is 49.2 Å². The fourth-order valence-corrected chi connectivity index (χ4v) is 7.51. The molecule has 2 aromatic rings. The number of carboxylic acids is 6. The summed E-state index contributed by atoms with van der Waals surface area (Å²) in [6.45, 7) is 5.43. The minimum Gasteiger partial charge on any atom is -0.480 e. The van der Waals surface area contributed by atoms with Gasteiger partial charge < -0.3 is 30.6 Å². The molecule has 4 rings (SSSR count). The minimum absolute atomic E-state index is 0.215. The van der Waals surface area contributed by atoms with E-state index >= 15 is 0 Å². The lowest BCUT2D eigenvalue weighted by Gasteiger charge is -2.33. The Morgan fingerprint density at radius 2 is 0.548 bits per heavy atom. The fourth-order valence-electron chi connectivity index (χ4n) is 7.51. The zero-order chi connectivity index (χ0) is 45.0. The number of nitrogens with zero attached hydrogens (tertiary/aromatic N) is 10. The summed E-state index contributed by atoms with van der Waals surface area (Å²) in [6, 6.07) is 7.60. The third-order valence-electron chi connectivity index (χ3n) is 10.7. The van der Waals surface area contributed by atoms with Crippen LogP contribution in [-0.2, 0) is 41.9 Å². The molecule has 0 aromatic carbocycles. The minimum atomic E-state index is -1.02. The fraction of sp³-hybridized carbons (Fsp3) is 0.600. The third-order valence-corrected chi connectivity index (χ3v) is 10.7. The van der Waals surface area contributed by atoms with E-state index in [4.69, 9.17) is 0 Å². The molecule has 22 nitrogen and oxygen atoms in total. The molecule has 0 atom stereocenters. The molecule has 6 N–H and O–H groups in total. The van der Waals surface area contributed by atoms with Crippen LogP contribution in [0.5, 0.6) is 0 Å². The van der Waals surface area contributed by atoms with E-state index in [0.29, 0.717) is 129 Å². The molecular weight excluding hydrogens is 812 g/mol. The smallest absolute Gasteiger partial charge is 0.317 e. The maximum absolute atomic E-state index is 11.7. The van der Waals surface area contributed by atoms with Gasteiger partial charge in [0.15, 0.2) is 0 Å². The number of rotatable bonds is 17. The van der Waals surface area contributed by atoms with Gasteiger partial charge in [0.25, 0.3) is 0 Å². The van der Waals surface area contributed by atoms with Gasteiger partial charge in [-0.15, -0.1) is 0 Å². The maximum Gasteiger partial charge on any atom is 0.317 e. The van der Waals surface area contributed by atoms with E-state index < -0.39 is 35.8 Å². The summed E-state index contributed by atoms with van der Waals surface area (Å²) in [4.78, 5) is 94.0. The van der Waals surface area contributed by atoms with Crippen LogP contribution >= 0.6 is 0 Å². The number of aliphatic carboxylic acids is 6. The summed E-state index contributed by atoms with van der Waals surface area (Å²) in [7, 11) is 0. The SMILES string of the molecule is O=C(O)CN1CCN(CC(=O)O)CCN(Cc2ccnc(-c3cc(CN4CCN(CC(=O)O)CCN(CC(=O)O)CCN(CC(=O)O)CC4)ccn3)c2)CCN(CC(=O)O)CC1. The van der Waals surface area contributed by atoms with Crippen molar-refractivity contribution >= 4 is 35.8 Å². The van der Waals surface area contributed by atoms with Crippen LogP contribution in [-0.4, -0.2) is 260 Å². The van der Waals surface area contributed by atoms with E-state index in [0.717, 1.165) is 11.1 Å². The Morgan fingerprint density at radius 1 is 0.355 bits per heavy atom. The van der Waals surface area contributed by atoms with Crippen LogP contribution in [0.1, 0.15) is 11.1 Å². The van der Waals surface area contributed by atoms with Gasteiger partial charge in [-0.25, -0.2) is 0 Å². The number of aromatic nitrogens is 2. The van der Waals surface area contributed by atoms with Crippen molar-refractivity contribution < 1.29 is 59.4 Å².